The van der Waals surface area contributed by atoms with Gasteiger partial charge in [0, 0.05) is 4.88 Å². The first-order valence-electron chi connectivity index (χ1n) is 5.52. The molecular weight excluding hydrogens is 289 g/mol. The van der Waals surface area contributed by atoms with Crippen LogP contribution in [0.5, 0.6) is 0 Å². The maximum Gasteiger partial charge on any atom is 0.335 e. The minimum Gasteiger partial charge on any atom is -0.478 e. The topological polar surface area (TPSA) is 49.3 Å². The molecule has 19 heavy (non-hydrogen) atoms. The van der Waals surface area contributed by atoms with Gasteiger partial charge in [-0.05, 0) is 37.3 Å². The van der Waals surface area contributed by atoms with Crippen LogP contribution in [0.1, 0.15) is 28.2 Å². The summed E-state index contributed by atoms with van der Waals surface area (Å²) in [5, 5.41) is 11.8. The average Bonchev–Trinajstić information content (AvgIpc) is 2.78. The number of thiophene rings is 1. The molecule has 0 radical (unpaired) electrons. The SMILES string of the molecule is CC(Nc1ccc(C(=O)O)cc1F)c1ccc(Cl)s1. The van der Waals surface area contributed by atoms with Crippen LogP contribution in [0.15, 0.2) is 30.3 Å². The molecule has 100 valence electrons. The minimum atomic E-state index is -1.15. The van der Waals surface area contributed by atoms with Gasteiger partial charge in [0.05, 0.1) is 21.6 Å². The molecule has 3 nitrogen and oxygen atoms in total. The highest BCUT2D eigenvalue weighted by atomic mass is 35.5. The van der Waals surface area contributed by atoms with Crippen molar-refractivity contribution < 1.29 is 14.3 Å². The summed E-state index contributed by atoms with van der Waals surface area (Å²) in [7, 11) is 0. The van der Waals surface area contributed by atoms with Gasteiger partial charge in [-0.15, -0.1) is 11.3 Å². The Kier molecular flexibility index (Phi) is 4.07. The van der Waals surface area contributed by atoms with Crippen LogP contribution < -0.4 is 5.32 Å². The molecule has 2 aromatic rings. The highest BCUT2D eigenvalue weighted by Gasteiger charge is 2.12. The number of aromatic carboxylic acids is 1. The van der Waals surface area contributed by atoms with Gasteiger partial charge in [0.15, 0.2) is 0 Å². The number of carbonyl (C=O) groups is 1. The second-order valence-corrected chi connectivity index (χ2v) is 5.75. The van der Waals surface area contributed by atoms with E-state index in [1.807, 2.05) is 13.0 Å². The lowest BCUT2D eigenvalue weighted by molar-refractivity contribution is 0.0696. The fourth-order valence-corrected chi connectivity index (χ4v) is 2.69. The van der Waals surface area contributed by atoms with Crippen LogP contribution in [0.4, 0.5) is 10.1 Å². The van der Waals surface area contributed by atoms with Gasteiger partial charge in [0.1, 0.15) is 5.82 Å². The number of anilines is 1. The van der Waals surface area contributed by atoms with E-state index in [9.17, 15) is 9.18 Å². The molecular formula is C13H11ClFNO2S. The number of rotatable bonds is 4. The first-order valence-corrected chi connectivity index (χ1v) is 6.71. The summed E-state index contributed by atoms with van der Waals surface area (Å²) in [5.74, 6) is -1.74. The number of carboxylic acids is 1. The largest absolute Gasteiger partial charge is 0.478 e. The predicted molar refractivity (Wildman–Crippen MR) is 74.7 cm³/mol. The summed E-state index contributed by atoms with van der Waals surface area (Å²) < 4.78 is 14.4. The van der Waals surface area contributed by atoms with Crippen molar-refractivity contribution in [3.8, 4) is 0 Å². The average molecular weight is 300 g/mol. The van der Waals surface area contributed by atoms with Gasteiger partial charge in [-0.25, -0.2) is 9.18 Å². The quantitative estimate of drug-likeness (QED) is 0.879. The van der Waals surface area contributed by atoms with Gasteiger partial charge in [-0.3, -0.25) is 0 Å². The molecule has 0 amide bonds. The molecule has 1 atom stereocenters. The molecule has 1 unspecified atom stereocenters. The minimum absolute atomic E-state index is 0.0742. The number of hydrogen-bond donors (Lipinski definition) is 2. The Balaban J connectivity index is 2.17. The van der Waals surface area contributed by atoms with Crippen molar-refractivity contribution in [1.82, 2.24) is 0 Å². The molecule has 1 aromatic heterocycles. The summed E-state index contributed by atoms with van der Waals surface area (Å²) in [4.78, 5) is 11.7. The Labute approximate surface area is 118 Å². The molecule has 0 aliphatic carbocycles. The first-order chi connectivity index (χ1) is 8.97. The molecule has 1 aromatic carbocycles. The lowest BCUT2D eigenvalue weighted by Gasteiger charge is -2.14. The van der Waals surface area contributed by atoms with Crippen molar-refractivity contribution in [2.75, 3.05) is 5.32 Å². The number of nitrogens with one attached hydrogen (secondary N) is 1. The van der Waals surface area contributed by atoms with Gasteiger partial charge in [-0.2, -0.15) is 0 Å². The molecule has 0 saturated carbocycles. The van der Waals surface area contributed by atoms with Crippen molar-refractivity contribution in [2.24, 2.45) is 0 Å². The highest BCUT2D eigenvalue weighted by Crippen LogP contribution is 2.29. The van der Waals surface area contributed by atoms with Crippen molar-refractivity contribution >= 4 is 34.6 Å². The Morgan fingerprint density at radius 3 is 2.68 bits per heavy atom. The molecule has 6 heteroatoms. The second-order valence-electron chi connectivity index (χ2n) is 4.01. The van der Waals surface area contributed by atoms with Gasteiger partial charge in [-0.1, -0.05) is 11.6 Å². The molecule has 0 saturated heterocycles. The van der Waals surface area contributed by atoms with Crippen LogP contribution >= 0.6 is 22.9 Å². The fraction of sp³-hybridized carbons (Fsp3) is 0.154. The molecule has 2 rings (SSSR count). The van der Waals surface area contributed by atoms with Gasteiger partial charge in [0.2, 0.25) is 0 Å². The van der Waals surface area contributed by atoms with E-state index < -0.39 is 11.8 Å². The van der Waals surface area contributed by atoms with Gasteiger partial charge in [0.25, 0.3) is 0 Å². The lowest BCUT2D eigenvalue weighted by Crippen LogP contribution is -2.07. The molecule has 1 heterocycles. The highest BCUT2D eigenvalue weighted by molar-refractivity contribution is 7.16. The summed E-state index contributed by atoms with van der Waals surface area (Å²) in [5.41, 5.74) is 0.192. The smallest absolute Gasteiger partial charge is 0.335 e. The predicted octanol–water partition coefficient (Wildman–Crippen LogP) is 4.41. The van der Waals surface area contributed by atoms with Gasteiger partial charge >= 0.3 is 5.97 Å². The second kappa shape index (κ2) is 5.59. The van der Waals surface area contributed by atoms with Gasteiger partial charge < -0.3 is 10.4 Å². The third kappa shape index (κ3) is 3.24. The van der Waals surface area contributed by atoms with E-state index in [2.05, 4.69) is 5.32 Å². The van der Waals surface area contributed by atoms with Crippen molar-refractivity contribution in [2.45, 2.75) is 13.0 Å². The molecule has 0 fully saturated rings. The van der Waals surface area contributed by atoms with Crippen LogP contribution in [-0.2, 0) is 0 Å². The first kappa shape index (κ1) is 13.8. The van der Waals surface area contributed by atoms with E-state index in [0.29, 0.717) is 4.34 Å². The maximum absolute atomic E-state index is 13.7. The van der Waals surface area contributed by atoms with Crippen LogP contribution in [0.25, 0.3) is 0 Å². The zero-order valence-corrected chi connectivity index (χ0v) is 11.6. The normalized spacial score (nSPS) is 12.2. The number of hydrogen-bond acceptors (Lipinski definition) is 3. The standard InChI is InChI=1S/C13H11ClFNO2S/c1-7(11-4-5-12(14)19-11)16-10-3-2-8(13(17)18)6-9(10)15/h2-7,16H,1H3,(H,17,18). The number of halogens is 2. The number of benzene rings is 1. The third-order valence-electron chi connectivity index (χ3n) is 2.61. The van der Waals surface area contributed by atoms with Crippen LogP contribution in [0, 0.1) is 5.82 Å². The Hall–Kier alpha value is -1.59. The molecule has 2 N–H and O–H groups in total. The fourth-order valence-electron chi connectivity index (χ4n) is 1.63. The van der Waals surface area contributed by atoms with E-state index >= 15 is 0 Å². The Bertz CT molecular complexity index is 614. The monoisotopic (exact) mass is 299 g/mol. The van der Waals surface area contributed by atoms with Crippen molar-refractivity contribution in [3.63, 3.8) is 0 Å². The summed E-state index contributed by atoms with van der Waals surface area (Å²) in [6, 6.07) is 7.32. The summed E-state index contributed by atoms with van der Waals surface area (Å²) in [6.07, 6.45) is 0. The van der Waals surface area contributed by atoms with E-state index in [0.717, 1.165) is 10.9 Å². The maximum atomic E-state index is 13.7. The molecule has 0 aliphatic heterocycles. The van der Waals surface area contributed by atoms with Crippen molar-refractivity contribution in [3.05, 3.63) is 50.9 Å². The molecule has 0 spiro atoms. The van der Waals surface area contributed by atoms with E-state index in [4.69, 9.17) is 16.7 Å². The summed E-state index contributed by atoms with van der Waals surface area (Å²) in [6.45, 7) is 1.88. The van der Waals surface area contributed by atoms with Crippen molar-refractivity contribution in [1.29, 1.82) is 0 Å². The zero-order valence-electron chi connectivity index (χ0n) is 9.98. The Morgan fingerprint density at radius 2 is 2.16 bits per heavy atom. The van der Waals surface area contributed by atoms with Crippen LogP contribution in [-0.4, -0.2) is 11.1 Å². The Morgan fingerprint density at radius 1 is 1.42 bits per heavy atom. The number of carboxylic acid groups (broad SMARTS) is 1. The molecule has 0 aliphatic rings. The van der Waals surface area contributed by atoms with E-state index in [-0.39, 0.29) is 17.3 Å². The third-order valence-corrected chi connectivity index (χ3v) is 4.02. The molecule has 0 bridgehead atoms. The van der Waals surface area contributed by atoms with Crippen LogP contribution in [0.2, 0.25) is 4.34 Å². The van der Waals surface area contributed by atoms with E-state index in [1.54, 1.807) is 6.07 Å². The zero-order chi connectivity index (χ0) is 14.0. The van der Waals surface area contributed by atoms with Crippen LogP contribution in [0.3, 0.4) is 0 Å². The van der Waals surface area contributed by atoms with E-state index in [1.165, 1.54) is 23.5 Å². The summed E-state index contributed by atoms with van der Waals surface area (Å²) >= 11 is 7.26. The lowest BCUT2D eigenvalue weighted by atomic mass is 10.2.